The lowest BCUT2D eigenvalue weighted by atomic mass is 10.3. The number of carbonyl (C=O) groups is 1. The number of para-hydroxylation sites is 1. The van der Waals surface area contributed by atoms with E-state index in [9.17, 15) is 14.0 Å². The van der Waals surface area contributed by atoms with E-state index in [1.165, 1.54) is 16.8 Å². The molecule has 0 saturated carbocycles. The van der Waals surface area contributed by atoms with Crippen LogP contribution in [-0.2, 0) is 7.05 Å². The number of benzene rings is 2. The fraction of sp³-hybridized carbons (Fsp3) is 0.111. The molecule has 2 amide bonds. The number of amides is 2. The zero-order chi connectivity index (χ0) is 18.8. The number of aromatic nitrogens is 2. The molecule has 8 heteroatoms. The van der Waals surface area contributed by atoms with Crippen LogP contribution in [0.3, 0.4) is 0 Å². The zero-order valence-corrected chi connectivity index (χ0v) is 15.7. The van der Waals surface area contributed by atoms with E-state index in [4.69, 9.17) is 0 Å². The number of hydrogen-bond donors (Lipinski definition) is 2. The second-order valence-corrected chi connectivity index (χ2v) is 6.56. The summed E-state index contributed by atoms with van der Waals surface area (Å²) in [6.07, 6.45) is 0. The highest BCUT2D eigenvalue weighted by atomic mass is 79.9. The molecule has 0 aliphatic heterocycles. The van der Waals surface area contributed by atoms with Gasteiger partial charge < -0.3 is 10.6 Å². The number of anilines is 2. The number of hydrogen-bond acceptors (Lipinski definition) is 2. The molecule has 0 radical (unpaired) electrons. The molecule has 1 aromatic heterocycles. The van der Waals surface area contributed by atoms with E-state index < -0.39 is 11.8 Å². The standard InChI is InChI=1S/C18H16BrFN4O2/c1-11-16(17(25)24(23(11)2)13-6-4-3-5-7-13)22-18(26)21-15-9-8-12(19)10-14(15)20/h3-10H,1-2H3,(H2,21,22,26). The molecule has 0 fully saturated rings. The molecular formula is C18H16BrFN4O2. The van der Waals surface area contributed by atoms with Crippen LogP contribution in [0, 0.1) is 12.7 Å². The summed E-state index contributed by atoms with van der Waals surface area (Å²) in [6.45, 7) is 1.72. The Morgan fingerprint density at radius 1 is 1.12 bits per heavy atom. The quantitative estimate of drug-likeness (QED) is 0.673. The minimum atomic E-state index is -0.697. The average Bonchev–Trinajstić information content (AvgIpc) is 2.82. The lowest BCUT2D eigenvalue weighted by Gasteiger charge is -2.08. The minimum Gasteiger partial charge on any atom is -0.305 e. The van der Waals surface area contributed by atoms with E-state index in [0.717, 1.165) is 0 Å². The highest BCUT2D eigenvalue weighted by Gasteiger charge is 2.18. The third-order valence-electron chi connectivity index (χ3n) is 3.97. The molecule has 0 unspecified atom stereocenters. The first-order chi connectivity index (χ1) is 12.4. The van der Waals surface area contributed by atoms with Crippen LogP contribution in [0.4, 0.5) is 20.6 Å². The highest BCUT2D eigenvalue weighted by molar-refractivity contribution is 9.10. The van der Waals surface area contributed by atoms with Crippen molar-refractivity contribution in [1.82, 2.24) is 9.36 Å². The molecule has 3 aromatic rings. The number of nitrogens with zero attached hydrogens (tertiary/aromatic N) is 2. The SMILES string of the molecule is Cc1c(NC(=O)Nc2ccc(Br)cc2F)c(=O)n(-c2ccccc2)n1C. The van der Waals surface area contributed by atoms with E-state index in [1.54, 1.807) is 36.9 Å². The van der Waals surface area contributed by atoms with Gasteiger partial charge in [0.25, 0.3) is 5.56 Å². The van der Waals surface area contributed by atoms with Crippen molar-refractivity contribution in [2.75, 3.05) is 10.6 Å². The summed E-state index contributed by atoms with van der Waals surface area (Å²) >= 11 is 3.15. The lowest BCUT2D eigenvalue weighted by molar-refractivity contribution is 0.262. The summed E-state index contributed by atoms with van der Waals surface area (Å²) in [5.41, 5.74) is 1.03. The largest absolute Gasteiger partial charge is 0.323 e. The summed E-state index contributed by atoms with van der Waals surface area (Å²) in [7, 11) is 1.72. The Hall–Kier alpha value is -2.87. The molecule has 134 valence electrons. The molecule has 3 rings (SSSR count). The Bertz CT molecular complexity index is 1030. The Kier molecular flexibility index (Phi) is 4.94. The molecule has 0 aliphatic rings. The summed E-state index contributed by atoms with van der Waals surface area (Å²) in [6, 6.07) is 12.7. The molecule has 2 N–H and O–H groups in total. The van der Waals surface area contributed by atoms with Crippen LogP contribution in [0.1, 0.15) is 5.69 Å². The van der Waals surface area contributed by atoms with E-state index in [2.05, 4.69) is 26.6 Å². The fourth-order valence-corrected chi connectivity index (χ4v) is 2.90. The molecule has 1 heterocycles. The van der Waals surface area contributed by atoms with Crippen molar-refractivity contribution in [3.8, 4) is 5.69 Å². The van der Waals surface area contributed by atoms with E-state index >= 15 is 0 Å². The van der Waals surface area contributed by atoms with Crippen LogP contribution in [0.5, 0.6) is 0 Å². The highest BCUT2D eigenvalue weighted by Crippen LogP contribution is 2.20. The van der Waals surface area contributed by atoms with E-state index in [-0.39, 0.29) is 16.9 Å². The van der Waals surface area contributed by atoms with Crippen molar-refractivity contribution in [2.24, 2.45) is 7.05 Å². The molecule has 26 heavy (non-hydrogen) atoms. The van der Waals surface area contributed by atoms with Gasteiger partial charge in [-0.05, 0) is 37.3 Å². The first kappa shape index (κ1) is 17.9. The molecule has 0 aliphatic carbocycles. The maximum Gasteiger partial charge on any atom is 0.323 e. The van der Waals surface area contributed by atoms with Gasteiger partial charge in [-0.15, -0.1) is 0 Å². The normalized spacial score (nSPS) is 10.6. The Morgan fingerprint density at radius 2 is 1.81 bits per heavy atom. The van der Waals surface area contributed by atoms with Crippen molar-refractivity contribution in [1.29, 1.82) is 0 Å². The van der Waals surface area contributed by atoms with Crippen molar-refractivity contribution in [3.63, 3.8) is 0 Å². The van der Waals surface area contributed by atoms with Gasteiger partial charge in [-0.25, -0.2) is 13.9 Å². The average molecular weight is 419 g/mol. The second kappa shape index (κ2) is 7.17. The van der Waals surface area contributed by atoms with Crippen LogP contribution in [0.25, 0.3) is 5.69 Å². The summed E-state index contributed by atoms with van der Waals surface area (Å²) in [4.78, 5) is 25.0. The first-order valence-electron chi connectivity index (χ1n) is 7.75. The maximum absolute atomic E-state index is 13.9. The predicted octanol–water partition coefficient (Wildman–Crippen LogP) is 4.03. The molecule has 0 spiro atoms. The van der Waals surface area contributed by atoms with Gasteiger partial charge in [-0.2, -0.15) is 0 Å². The number of halogens is 2. The predicted molar refractivity (Wildman–Crippen MR) is 102 cm³/mol. The number of rotatable bonds is 3. The molecule has 0 bridgehead atoms. The van der Waals surface area contributed by atoms with Gasteiger partial charge in [0.05, 0.1) is 17.1 Å². The van der Waals surface area contributed by atoms with Crippen LogP contribution in [0.15, 0.2) is 57.8 Å². The van der Waals surface area contributed by atoms with Gasteiger partial charge >= 0.3 is 6.03 Å². The van der Waals surface area contributed by atoms with E-state index in [1.807, 2.05) is 18.2 Å². The van der Waals surface area contributed by atoms with Gasteiger partial charge in [-0.1, -0.05) is 34.1 Å². The topological polar surface area (TPSA) is 68.1 Å². The van der Waals surface area contributed by atoms with Crippen molar-refractivity contribution in [2.45, 2.75) is 6.92 Å². The Balaban J connectivity index is 1.88. The number of nitrogens with one attached hydrogen (secondary N) is 2. The summed E-state index contributed by atoms with van der Waals surface area (Å²) in [5.74, 6) is -0.582. The van der Waals surface area contributed by atoms with Gasteiger partial charge in [0.1, 0.15) is 11.5 Å². The maximum atomic E-state index is 13.9. The smallest absolute Gasteiger partial charge is 0.305 e. The fourth-order valence-electron chi connectivity index (χ4n) is 2.57. The van der Waals surface area contributed by atoms with Crippen LogP contribution in [-0.4, -0.2) is 15.4 Å². The summed E-state index contributed by atoms with van der Waals surface area (Å²) < 4.78 is 17.5. The zero-order valence-electron chi connectivity index (χ0n) is 14.1. The third kappa shape index (κ3) is 3.41. The van der Waals surface area contributed by atoms with Gasteiger partial charge in [0.2, 0.25) is 0 Å². The lowest BCUT2D eigenvalue weighted by Crippen LogP contribution is -2.25. The van der Waals surface area contributed by atoms with E-state index in [0.29, 0.717) is 15.9 Å². The Labute approximate surface area is 157 Å². The van der Waals surface area contributed by atoms with Crippen LogP contribution >= 0.6 is 15.9 Å². The van der Waals surface area contributed by atoms with Gasteiger partial charge in [0, 0.05) is 11.5 Å². The van der Waals surface area contributed by atoms with Gasteiger partial charge in [-0.3, -0.25) is 9.48 Å². The molecule has 2 aromatic carbocycles. The molecular weight excluding hydrogens is 403 g/mol. The van der Waals surface area contributed by atoms with Crippen molar-refractivity contribution >= 4 is 33.3 Å². The van der Waals surface area contributed by atoms with Crippen molar-refractivity contribution in [3.05, 3.63) is 74.9 Å². The first-order valence-corrected chi connectivity index (χ1v) is 8.55. The van der Waals surface area contributed by atoms with Crippen LogP contribution < -0.4 is 16.2 Å². The van der Waals surface area contributed by atoms with Gasteiger partial charge in [0.15, 0.2) is 0 Å². The summed E-state index contributed by atoms with van der Waals surface area (Å²) in [5, 5.41) is 4.92. The number of carbonyl (C=O) groups excluding carboxylic acids is 1. The molecule has 6 nitrogen and oxygen atoms in total. The number of urea groups is 1. The monoisotopic (exact) mass is 418 g/mol. The molecule has 0 saturated heterocycles. The molecule has 0 atom stereocenters. The Morgan fingerprint density at radius 3 is 2.46 bits per heavy atom. The second-order valence-electron chi connectivity index (χ2n) is 5.64. The van der Waals surface area contributed by atoms with Crippen LogP contribution in [0.2, 0.25) is 0 Å². The van der Waals surface area contributed by atoms with Crippen molar-refractivity contribution < 1.29 is 9.18 Å². The minimum absolute atomic E-state index is 0.0164. The third-order valence-corrected chi connectivity index (χ3v) is 4.47.